The summed E-state index contributed by atoms with van der Waals surface area (Å²) in [7, 11) is 0. The van der Waals surface area contributed by atoms with Gasteiger partial charge < -0.3 is 20.4 Å². The monoisotopic (exact) mass is 270 g/mol. The second kappa shape index (κ2) is 6.23. The SMILES string of the molecule is O=C(O)[C@@H]1C[C@H](O)CN1C(=O)NCCC1CCCC1. The number of aliphatic hydroxyl groups excluding tert-OH is 1. The minimum atomic E-state index is -1.05. The number of nitrogens with zero attached hydrogens (tertiary/aromatic N) is 1. The highest BCUT2D eigenvalue weighted by Crippen LogP contribution is 2.27. The molecule has 0 unspecified atom stereocenters. The van der Waals surface area contributed by atoms with E-state index in [2.05, 4.69) is 5.32 Å². The molecule has 0 aromatic rings. The summed E-state index contributed by atoms with van der Waals surface area (Å²) in [5.74, 6) is -0.359. The second-order valence-electron chi connectivity index (χ2n) is 5.57. The number of likely N-dealkylation sites (tertiary alicyclic amines) is 1. The van der Waals surface area contributed by atoms with Crippen LogP contribution in [0, 0.1) is 5.92 Å². The van der Waals surface area contributed by atoms with E-state index in [1.54, 1.807) is 0 Å². The first-order chi connectivity index (χ1) is 9.08. The number of rotatable bonds is 4. The molecule has 1 heterocycles. The van der Waals surface area contributed by atoms with Crippen molar-refractivity contribution in [3.05, 3.63) is 0 Å². The number of nitrogens with one attached hydrogen (secondary N) is 1. The number of carbonyl (C=O) groups is 2. The first-order valence-electron chi connectivity index (χ1n) is 7.03. The van der Waals surface area contributed by atoms with Crippen molar-refractivity contribution in [1.82, 2.24) is 10.2 Å². The summed E-state index contributed by atoms with van der Waals surface area (Å²) >= 11 is 0. The zero-order chi connectivity index (χ0) is 13.8. The third-order valence-electron chi connectivity index (χ3n) is 4.13. The van der Waals surface area contributed by atoms with E-state index < -0.39 is 18.1 Å². The van der Waals surface area contributed by atoms with Gasteiger partial charge in [-0.05, 0) is 12.3 Å². The van der Waals surface area contributed by atoms with E-state index in [1.165, 1.54) is 30.6 Å². The molecule has 2 fully saturated rings. The number of urea groups is 1. The van der Waals surface area contributed by atoms with Crippen molar-refractivity contribution in [2.45, 2.75) is 50.7 Å². The topological polar surface area (TPSA) is 89.9 Å². The highest BCUT2D eigenvalue weighted by atomic mass is 16.4. The van der Waals surface area contributed by atoms with Crippen LogP contribution < -0.4 is 5.32 Å². The molecule has 0 bridgehead atoms. The third kappa shape index (κ3) is 3.59. The van der Waals surface area contributed by atoms with E-state index in [-0.39, 0.29) is 19.0 Å². The van der Waals surface area contributed by atoms with Gasteiger partial charge in [0.05, 0.1) is 6.10 Å². The first kappa shape index (κ1) is 14.1. The lowest BCUT2D eigenvalue weighted by Gasteiger charge is -2.22. The molecule has 6 heteroatoms. The van der Waals surface area contributed by atoms with Gasteiger partial charge in [0, 0.05) is 19.5 Å². The van der Waals surface area contributed by atoms with Crippen LogP contribution in [0.15, 0.2) is 0 Å². The van der Waals surface area contributed by atoms with Gasteiger partial charge in [0.25, 0.3) is 0 Å². The average molecular weight is 270 g/mol. The smallest absolute Gasteiger partial charge is 0.326 e. The summed E-state index contributed by atoms with van der Waals surface area (Å²) in [4.78, 5) is 24.2. The highest BCUT2D eigenvalue weighted by molar-refractivity contribution is 5.83. The second-order valence-corrected chi connectivity index (χ2v) is 5.57. The number of aliphatic hydroxyl groups is 1. The van der Waals surface area contributed by atoms with Crippen molar-refractivity contribution in [1.29, 1.82) is 0 Å². The molecule has 1 aliphatic heterocycles. The van der Waals surface area contributed by atoms with E-state index >= 15 is 0 Å². The van der Waals surface area contributed by atoms with Gasteiger partial charge in [0.15, 0.2) is 0 Å². The van der Waals surface area contributed by atoms with Crippen molar-refractivity contribution in [3.8, 4) is 0 Å². The fraction of sp³-hybridized carbons (Fsp3) is 0.846. The molecule has 2 atom stereocenters. The minimum Gasteiger partial charge on any atom is -0.480 e. The Balaban J connectivity index is 1.76. The maximum absolute atomic E-state index is 11.9. The van der Waals surface area contributed by atoms with Crippen molar-refractivity contribution < 1.29 is 19.8 Å². The van der Waals surface area contributed by atoms with Gasteiger partial charge in [-0.15, -0.1) is 0 Å². The number of carbonyl (C=O) groups excluding carboxylic acids is 1. The largest absolute Gasteiger partial charge is 0.480 e. The van der Waals surface area contributed by atoms with Gasteiger partial charge in [-0.2, -0.15) is 0 Å². The van der Waals surface area contributed by atoms with Crippen molar-refractivity contribution in [3.63, 3.8) is 0 Å². The average Bonchev–Trinajstić information content (AvgIpc) is 2.98. The fourth-order valence-electron chi connectivity index (χ4n) is 3.06. The van der Waals surface area contributed by atoms with E-state index in [9.17, 15) is 14.7 Å². The van der Waals surface area contributed by atoms with E-state index in [0.29, 0.717) is 12.5 Å². The normalized spacial score (nSPS) is 27.7. The van der Waals surface area contributed by atoms with Gasteiger partial charge in [-0.1, -0.05) is 25.7 Å². The van der Waals surface area contributed by atoms with Crippen molar-refractivity contribution in [2.24, 2.45) is 5.92 Å². The molecular weight excluding hydrogens is 248 g/mol. The summed E-state index contributed by atoms with van der Waals surface area (Å²) in [5.41, 5.74) is 0. The van der Waals surface area contributed by atoms with Gasteiger partial charge in [-0.25, -0.2) is 9.59 Å². The van der Waals surface area contributed by atoms with E-state index in [4.69, 9.17) is 5.11 Å². The predicted molar refractivity (Wildman–Crippen MR) is 68.7 cm³/mol. The molecule has 6 nitrogen and oxygen atoms in total. The summed E-state index contributed by atoms with van der Waals surface area (Å²) in [6.45, 7) is 0.689. The van der Waals surface area contributed by atoms with Gasteiger partial charge in [0.1, 0.15) is 6.04 Å². The van der Waals surface area contributed by atoms with Crippen molar-refractivity contribution >= 4 is 12.0 Å². The molecule has 1 saturated heterocycles. The molecule has 1 saturated carbocycles. The van der Waals surface area contributed by atoms with Crippen LogP contribution in [0.1, 0.15) is 38.5 Å². The fourth-order valence-corrected chi connectivity index (χ4v) is 3.06. The Bertz CT molecular complexity index is 342. The molecule has 0 radical (unpaired) electrons. The quantitative estimate of drug-likeness (QED) is 0.704. The number of carboxylic acids is 1. The van der Waals surface area contributed by atoms with Gasteiger partial charge in [-0.3, -0.25) is 0 Å². The Hall–Kier alpha value is -1.30. The number of amides is 2. The molecule has 2 aliphatic rings. The first-order valence-corrected chi connectivity index (χ1v) is 7.03. The number of aliphatic carboxylic acids is 1. The van der Waals surface area contributed by atoms with Crippen LogP contribution in [0.2, 0.25) is 0 Å². The number of hydrogen-bond acceptors (Lipinski definition) is 3. The lowest BCUT2D eigenvalue weighted by atomic mass is 10.0. The van der Waals surface area contributed by atoms with Crippen LogP contribution in [-0.4, -0.2) is 52.3 Å². The zero-order valence-corrected chi connectivity index (χ0v) is 11.0. The molecule has 0 aromatic carbocycles. The number of β-amino-alcohol motifs (C(OH)–C–C–N with tert-alkyl or cyclic N) is 1. The Morgan fingerprint density at radius 3 is 2.58 bits per heavy atom. The molecule has 2 amide bonds. The lowest BCUT2D eigenvalue weighted by molar-refractivity contribution is -0.141. The summed E-state index contributed by atoms with van der Waals surface area (Å²) in [6, 6.07) is -1.27. The van der Waals surface area contributed by atoms with E-state index in [1.807, 2.05) is 0 Å². The Morgan fingerprint density at radius 1 is 1.26 bits per heavy atom. The van der Waals surface area contributed by atoms with Crippen LogP contribution in [0.3, 0.4) is 0 Å². The molecule has 0 aromatic heterocycles. The predicted octanol–water partition coefficient (Wildman–Crippen LogP) is 0.796. The molecule has 2 rings (SSSR count). The molecular formula is C13H22N2O4. The van der Waals surface area contributed by atoms with Crippen LogP contribution in [-0.2, 0) is 4.79 Å². The Kier molecular flexibility index (Phi) is 4.63. The lowest BCUT2D eigenvalue weighted by Crippen LogP contribution is -2.46. The van der Waals surface area contributed by atoms with Gasteiger partial charge in [0.2, 0.25) is 0 Å². The maximum atomic E-state index is 11.9. The minimum absolute atomic E-state index is 0.103. The molecule has 0 spiro atoms. The Morgan fingerprint density at radius 2 is 1.95 bits per heavy atom. The summed E-state index contributed by atoms with van der Waals surface area (Å²) in [6.07, 6.45) is 5.36. The molecule has 19 heavy (non-hydrogen) atoms. The van der Waals surface area contributed by atoms with Crippen LogP contribution in [0.25, 0.3) is 0 Å². The van der Waals surface area contributed by atoms with Gasteiger partial charge >= 0.3 is 12.0 Å². The maximum Gasteiger partial charge on any atom is 0.326 e. The third-order valence-corrected chi connectivity index (χ3v) is 4.13. The molecule has 1 aliphatic carbocycles. The van der Waals surface area contributed by atoms with Crippen LogP contribution in [0.4, 0.5) is 4.79 Å². The Labute approximate surface area is 112 Å². The number of carboxylic acid groups (broad SMARTS) is 1. The van der Waals surface area contributed by atoms with Crippen LogP contribution in [0.5, 0.6) is 0 Å². The summed E-state index contributed by atoms with van der Waals surface area (Å²) < 4.78 is 0. The molecule has 3 N–H and O–H groups in total. The summed E-state index contributed by atoms with van der Waals surface area (Å²) in [5, 5.41) is 21.3. The standard InChI is InChI=1S/C13H22N2O4/c16-10-7-11(12(17)18)15(8-10)13(19)14-6-5-9-3-1-2-4-9/h9-11,16H,1-8H2,(H,14,19)(H,17,18)/t10-,11-/m0/s1. The zero-order valence-electron chi connectivity index (χ0n) is 11.0. The van der Waals surface area contributed by atoms with E-state index in [0.717, 1.165) is 6.42 Å². The van der Waals surface area contributed by atoms with Crippen LogP contribution >= 0.6 is 0 Å². The highest BCUT2D eigenvalue weighted by Gasteiger charge is 2.38. The molecule has 108 valence electrons. The van der Waals surface area contributed by atoms with Crippen molar-refractivity contribution in [2.75, 3.05) is 13.1 Å². The number of hydrogen-bond donors (Lipinski definition) is 3.